The Balaban J connectivity index is 2.51. The molecule has 0 radical (unpaired) electrons. The Hall–Kier alpha value is -1.53. The third-order valence-electron chi connectivity index (χ3n) is 2.26. The lowest BCUT2D eigenvalue weighted by molar-refractivity contribution is 0.988. The van der Waals surface area contributed by atoms with Gasteiger partial charge in [0, 0.05) is 10.2 Å². The van der Waals surface area contributed by atoms with Crippen LogP contribution >= 0.6 is 15.9 Å². The van der Waals surface area contributed by atoms with Crippen LogP contribution < -0.4 is 5.32 Å². The largest absolute Gasteiger partial charge is 0.346 e. The van der Waals surface area contributed by atoms with Crippen LogP contribution in [-0.2, 0) is 0 Å². The molecule has 0 aromatic heterocycles. The van der Waals surface area contributed by atoms with E-state index in [1.165, 1.54) is 0 Å². The van der Waals surface area contributed by atoms with Crippen molar-refractivity contribution in [2.45, 2.75) is 6.92 Å². The molecule has 1 aliphatic carbocycles. The van der Waals surface area contributed by atoms with Crippen LogP contribution in [0.5, 0.6) is 0 Å². The summed E-state index contributed by atoms with van der Waals surface area (Å²) in [5.74, 6) is 0. The second-order valence-electron chi connectivity index (χ2n) is 3.36. The molecule has 0 amide bonds. The van der Waals surface area contributed by atoms with Crippen LogP contribution in [0.4, 0.5) is 0 Å². The number of nitrogens with one attached hydrogen (secondary N) is 1. The molecule has 74 valence electrons. The van der Waals surface area contributed by atoms with Gasteiger partial charge in [0.2, 0.25) is 0 Å². The van der Waals surface area contributed by atoms with Crippen molar-refractivity contribution in [1.29, 1.82) is 5.26 Å². The number of fused-ring (bicyclic) bond motifs is 1. The van der Waals surface area contributed by atoms with Crippen LogP contribution in [0.3, 0.4) is 0 Å². The number of dihydropyridines is 1. The summed E-state index contributed by atoms with van der Waals surface area (Å²) in [4.78, 5) is 0. The van der Waals surface area contributed by atoms with Gasteiger partial charge in [0.05, 0.1) is 0 Å². The van der Waals surface area contributed by atoms with Crippen LogP contribution in [0.1, 0.15) is 6.92 Å². The van der Waals surface area contributed by atoms with E-state index in [-0.39, 0.29) is 0 Å². The summed E-state index contributed by atoms with van der Waals surface area (Å²) in [6.07, 6.45) is 9.91. The predicted octanol–water partition coefficient (Wildman–Crippen LogP) is 3.05. The quantitative estimate of drug-likeness (QED) is 0.727. The van der Waals surface area contributed by atoms with Crippen molar-refractivity contribution in [3.63, 3.8) is 0 Å². The van der Waals surface area contributed by atoms with Crippen LogP contribution in [0.25, 0.3) is 0 Å². The fourth-order valence-corrected chi connectivity index (χ4v) is 1.89. The van der Waals surface area contributed by atoms with E-state index in [0.29, 0.717) is 5.70 Å². The molecule has 15 heavy (non-hydrogen) atoms. The number of allylic oxidation sites excluding steroid dienone is 8. The summed E-state index contributed by atoms with van der Waals surface area (Å²) in [5.41, 5.74) is 3.62. The highest BCUT2D eigenvalue weighted by Gasteiger charge is 2.13. The van der Waals surface area contributed by atoms with Gasteiger partial charge in [-0.05, 0) is 42.4 Å². The predicted molar refractivity (Wildman–Crippen MR) is 63.8 cm³/mol. The van der Waals surface area contributed by atoms with Crippen LogP contribution in [0.2, 0.25) is 0 Å². The zero-order valence-corrected chi connectivity index (χ0v) is 9.80. The van der Waals surface area contributed by atoms with Gasteiger partial charge in [-0.15, -0.1) is 0 Å². The van der Waals surface area contributed by atoms with Gasteiger partial charge in [0.15, 0.2) is 0 Å². The number of nitrogens with zero attached hydrogens (tertiary/aromatic N) is 1. The highest BCUT2D eigenvalue weighted by atomic mass is 79.9. The van der Waals surface area contributed by atoms with Gasteiger partial charge in [-0.1, -0.05) is 22.0 Å². The first-order valence-electron chi connectivity index (χ1n) is 4.56. The number of rotatable bonds is 0. The lowest BCUT2D eigenvalue weighted by atomic mass is 10.0. The molecule has 3 heteroatoms. The summed E-state index contributed by atoms with van der Waals surface area (Å²) in [7, 11) is 0. The van der Waals surface area contributed by atoms with Gasteiger partial charge in [-0.3, -0.25) is 0 Å². The molecule has 0 bridgehead atoms. The van der Waals surface area contributed by atoms with E-state index in [9.17, 15) is 0 Å². The van der Waals surface area contributed by atoms with E-state index < -0.39 is 0 Å². The molecule has 1 N–H and O–H groups in total. The highest BCUT2D eigenvalue weighted by molar-refractivity contribution is 9.11. The first kappa shape index (κ1) is 10.0. The molecule has 0 saturated carbocycles. The van der Waals surface area contributed by atoms with E-state index in [2.05, 4.69) is 27.3 Å². The first-order chi connectivity index (χ1) is 7.20. The molecular formula is C12H9BrN2. The van der Waals surface area contributed by atoms with Crippen molar-refractivity contribution >= 4 is 15.9 Å². The molecule has 1 heterocycles. The minimum absolute atomic E-state index is 0.616. The third kappa shape index (κ3) is 1.95. The summed E-state index contributed by atoms with van der Waals surface area (Å²) < 4.78 is 1.02. The fraction of sp³-hybridized carbons (Fsp3) is 0.0833. The molecule has 2 rings (SSSR count). The third-order valence-corrected chi connectivity index (χ3v) is 2.75. The number of hydrogen-bond acceptors (Lipinski definition) is 2. The van der Waals surface area contributed by atoms with E-state index in [1.807, 2.05) is 37.3 Å². The first-order valence-corrected chi connectivity index (χ1v) is 5.35. The van der Waals surface area contributed by atoms with Gasteiger partial charge in [-0.25, -0.2) is 0 Å². The van der Waals surface area contributed by atoms with Gasteiger partial charge in [-0.2, -0.15) is 5.26 Å². The SMILES string of the molecule is CC1=C(C#N)NC2=CC=CC(Br)=CC2=C1. The lowest BCUT2D eigenvalue weighted by Crippen LogP contribution is -2.17. The Morgan fingerprint density at radius 2 is 2.20 bits per heavy atom. The van der Waals surface area contributed by atoms with E-state index in [4.69, 9.17) is 5.26 Å². The fourth-order valence-electron chi connectivity index (χ4n) is 1.49. The van der Waals surface area contributed by atoms with Crippen molar-refractivity contribution in [2.24, 2.45) is 0 Å². The summed E-state index contributed by atoms with van der Waals surface area (Å²) in [5, 5.41) is 12.0. The van der Waals surface area contributed by atoms with Crippen molar-refractivity contribution in [3.05, 3.63) is 57.4 Å². The molecule has 1 aliphatic heterocycles. The van der Waals surface area contributed by atoms with Crippen molar-refractivity contribution in [1.82, 2.24) is 5.32 Å². The minimum Gasteiger partial charge on any atom is -0.346 e. The van der Waals surface area contributed by atoms with Gasteiger partial charge in [0.1, 0.15) is 11.8 Å². The molecule has 0 aromatic rings. The Morgan fingerprint density at radius 1 is 1.40 bits per heavy atom. The van der Waals surface area contributed by atoms with E-state index in [0.717, 1.165) is 21.3 Å². The monoisotopic (exact) mass is 260 g/mol. The van der Waals surface area contributed by atoms with Gasteiger partial charge < -0.3 is 5.32 Å². The average molecular weight is 261 g/mol. The normalized spacial score (nSPS) is 19.1. The number of hydrogen-bond donors (Lipinski definition) is 1. The molecular weight excluding hydrogens is 252 g/mol. The molecule has 2 aliphatic rings. The Bertz CT molecular complexity index is 496. The molecule has 0 fully saturated rings. The van der Waals surface area contributed by atoms with Crippen molar-refractivity contribution in [3.8, 4) is 6.07 Å². The Kier molecular flexibility index (Phi) is 2.61. The lowest BCUT2D eigenvalue weighted by Gasteiger charge is -2.17. The zero-order valence-electron chi connectivity index (χ0n) is 8.21. The molecule has 0 aromatic carbocycles. The summed E-state index contributed by atoms with van der Waals surface area (Å²) in [6.45, 7) is 1.93. The molecule has 0 unspecified atom stereocenters. The topological polar surface area (TPSA) is 35.8 Å². The van der Waals surface area contributed by atoms with Crippen LogP contribution in [0.15, 0.2) is 57.4 Å². The second-order valence-corrected chi connectivity index (χ2v) is 4.28. The second kappa shape index (κ2) is 3.92. The molecule has 0 saturated heterocycles. The molecule has 2 nitrogen and oxygen atoms in total. The minimum atomic E-state index is 0.616. The Labute approximate surface area is 97.1 Å². The van der Waals surface area contributed by atoms with Gasteiger partial charge >= 0.3 is 0 Å². The van der Waals surface area contributed by atoms with Crippen LogP contribution in [-0.4, -0.2) is 0 Å². The smallest absolute Gasteiger partial charge is 0.120 e. The standard InChI is InChI=1S/C12H9BrN2/c1-8-5-9-6-10(13)3-2-4-11(9)15-12(8)7-14/h2-6,15H,1H3. The summed E-state index contributed by atoms with van der Waals surface area (Å²) in [6, 6.07) is 2.14. The van der Waals surface area contributed by atoms with Gasteiger partial charge in [0.25, 0.3) is 0 Å². The summed E-state index contributed by atoms with van der Waals surface area (Å²) >= 11 is 3.44. The average Bonchev–Trinajstić information content (AvgIpc) is 2.37. The number of nitriles is 1. The van der Waals surface area contributed by atoms with E-state index in [1.54, 1.807) is 0 Å². The molecule has 0 spiro atoms. The maximum absolute atomic E-state index is 8.90. The maximum Gasteiger partial charge on any atom is 0.120 e. The highest BCUT2D eigenvalue weighted by Crippen LogP contribution is 2.25. The number of halogens is 1. The maximum atomic E-state index is 8.90. The van der Waals surface area contributed by atoms with E-state index >= 15 is 0 Å². The zero-order chi connectivity index (χ0) is 10.8. The Morgan fingerprint density at radius 3 is 2.93 bits per heavy atom. The molecule has 0 atom stereocenters. The van der Waals surface area contributed by atoms with Crippen molar-refractivity contribution < 1.29 is 0 Å². The van der Waals surface area contributed by atoms with Crippen molar-refractivity contribution in [2.75, 3.05) is 0 Å². The van der Waals surface area contributed by atoms with Crippen LogP contribution in [0, 0.1) is 11.3 Å².